The van der Waals surface area contributed by atoms with Gasteiger partial charge in [0.25, 0.3) is 0 Å². The monoisotopic (exact) mass is 339 g/mol. The number of hydrogen-bond acceptors (Lipinski definition) is 2. The van der Waals surface area contributed by atoms with Crippen molar-refractivity contribution < 1.29 is 5.11 Å². The van der Waals surface area contributed by atoms with Gasteiger partial charge in [-0.25, -0.2) is 0 Å². The Labute approximate surface area is 126 Å². The number of rotatable bonds is 5. The fourth-order valence-corrected chi connectivity index (χ4v) is 2.60. The number of benzene rings is 1. The summed E-state index contributed by atoms with van der Waals surface area (Å²) in [6.45, 7) is 0. The summed E-state index contributed by atoms with van der Waals surface area (Å²) in [5, 5.41) is 10.9. The van der Waals surface area contributed by atoms with E-state index >= 15 is 0 Å². The molecule has 0 radical (unpaired) electrons. The van der Waals surface area contributed by atoms with Gasteiger partial charge in [-0.1, -0.05) is 30.3 Å². The molecule has 1 unspecified atom stereocenters. The molecule has 0 aliphatic rings. The van der Waals surface area contributed by atoms with E-state index < -0.39 is 5.60 Å². The largest absolute Gasteiger partial charge is 0.385 e. The SMILES string of the molecule is OC(CCCl)(Cc1ccc(Br)cn1)c1ccccc1. The van der Waals surface area contributed by atoms with E-state index in [1.807, 2.05) is 42.5 Å². The van der Waals surface area contributed by atoms with Crippen molar-refractivity contribution in [1.82, 2.24) is 4.98 Å². The smallest absolute Gasteiger partial charge is 0.0963 e. The highest BCUT2D eigenvalue weighted by Crippen LogP contribution is 2.29. The lowest BCUT2D eigenvalue weighted by molar-refractivity contribution is 0.0327. The summed E-state index contributed by atoms with van der Waals surface area (Å²) in [6.07, 6.45) is 2.69. The molecule has 1 aromatic carbocycles. The Morgan fingerprint density at radius 1 is 1.16 bits per heavy atom. The van der Waals surface area contributed by atoms with E-state index in [9.17, 15) is 5.11 Å². The first-order chi connectivity index (χ1) is 9.14. The fraction of sp³-hybridized carbons (Fsp3) is 0.267. The van der Waals surface area contributed by atoms with Crippen LogP contribution >= 0.6 is 27.5 Å². The van der Waals surface area contributed by atoms with E-state index in [2.05, 4.69) is 20.9 Å². The number of aromatic nitrogens is 1. The van der Waals surface area contributed by atoms with Gasteiger partial charge in [-0.3, -0.25) is 4.98 Å². The van der Waals surface area contributed by atoms with Gasteiger partial charge in [-0.05, 0) is 40.0 Å². The van der Waals surface area contributed by atoms with Gasteiger partial charge in [-0.15, -0.1) is 11.6 Å². The molecule has 0 saturated heterocycles. The molecule has 0 amide bonds. The molecule has 0 aliphatic carbocycles. The first kappa shape index (κ1) is 14.5. The Morgan fingerprint density at radius 2 is 1.89 bits per heavy atom. The third-order valence-corrected chi connectivity index (χ3v) is 3.74. The highest BCUT2D eigenvalue weighted by Gasteiger charge is 2.29. The number of alkyl halides is 1. The van der Waals surface area contributed by atoms with Crippen LogP contribution in [-0.2, 0) is 12.0 Å². The van der Waals surface area contributed by atoms with Crippen LogP contribution in [0.4, 0.5) is 0 Å². The summed E-state index contributed by atoms with van der Waals surface area (Å²) in [6, 6.07) is 13.5. The predicted octanol–water partition coefficient (Wildman–Crippen LogP) is 3.90. The van der Waals surface area contributed by atoms with Crippen molar-refractivity contribution in [3.05, 3.63) is 64.4 Å². The molecule has 19 heavy (non-hydrogen) atoms. The van der Waals surface area contributed by atoms with Crippen molar-refractivity contribution in [3.8, 4) is 0 Å². The Hall–Kier alpha value is -0.900. The lowest BCUT2D eigenvalue weighted by Crippen LogP contribution is -2.29. The molecular weight excluding hydrogens is 326 g/mol. The molecule has 4 heteroatoms. The van der Waals surface area contributed by atoms with Gasteiger partial charge in [0.15, 0.2) is 0 Å². The number of pyridine rings is 1. The van der Waals surface area contributed by atoms with E-state index in [-0.39, 0.29) is 0 Å². The third kappa shape index (κ3) is 3.78. The molecule has 0 bridgehead atoms. The average molecular weight is 341 g/mol. The Balaban J connectivity index is 2.27. The molecule has 1 aromatic heterocycles. The summed E-state index contributed by atoms with van der Waals surface area (Å²) in [4.78, 5) is 4.32. The quantitative estimate of drug-likeness (QED) is 0.837. The highest BCUT2D eigenvalue weighted by molar-refractivity contribution is 9.10. The zero-order valence-corrected chi connectivity index (χ0v) is 12.7. The van der Waals surface area contributed by atoms with E-state index in [1.54, 1.807) is 6.20 Å². The molecule has 0 spiro atoms. The summed E-state index contributed by atoms with van der Waals surface area (Å²) in [5.41, 5.74) is 0.754. The molecule has 0 fully saturated rings. The van der Waals surface area contributed by atoms with Crippen LogP contribution in [0.1, 0.15) is 17.7 Å². The maximum Gasteiger partial charge on any atom is 0.0963 e. The zero-order chi connectivity index (χ0) is 13.7. The molecule has 0 aliphatic heterocycles. The second kappa shape index (κ2) is 6.51. The van der Waals surface area contributed by atoms with Crippen LogP contribution in [0.2, 0.25) is 0 Å². The Morgan fingerprint density at radius 3 is 2.47 bits per heavy atom. The molecule has 2 nitrogen and oxygen atoms in total. The Kier molecular flexibility index (Phi) is 4.97. The lowest BCUT2D eigenvalue weighted by Gasteiger charge is -2.27. The van der Waals surface area contributed by atoms with Crippen LogP contribution in [0.5, 0.6) is 0 Å². The van der Waals surface area contributed by atoms with E-state index in [4.69, 9.17) is 11.6 Å². The summed E-state index contributed by atoms with van der Waals surface area (Å²) in [7, 11) is 0. The minimum atomic E-state index is -0.968. The van der Waals surface area contributed by atoms with Gasteiger partial charge in [0.05, 0.1) is 5.60 Å². The molecule has 2 aromatic rings. The van der Waals surface area contributed by atoms with E-state index in [1.165, 1.54) is 0 Å². The van der Waals surface area contributed by atoms with Gasteiger partial charge in [-0.2, -0.15) is 0 Å². The fourth-order valence-electron chi connectivity index (χ4n) is 2.05. The maximum atomic E-state index is 10.9. The standard InChI is InChI=1S/C15H15BrClNO/c16-13-6-7-14(18-11-13)10-15(19,8-9-17)12-4-2-1-3-5-12/h1-7,11,19H,8-10H2. The van der Waals surface area contributed by atoms with Gasteiger partial charge < -0.3 is 5.11 Å². The van der Waals surface area contributed by atoms with Gasteiger partial charge >= 0.3 is 0 Å². The van der Waals surface area contributed by atoms with Crippen molar-refractivity contribution in [2.75, 3.05) is 5.88 Å². The van der Waals surface area contributed by atoms with Crippen LogP contribution in [0.25, 0.3) is 0 Å². The Bertz CT molecular complexity index is 517. The number of halogens is 2. The normalized spacial score (nSPS) is 14.1. The number of hydrogen-bond donors (Lipinski definition) is 1. The second-order valence-corrected chi connectivity index (χ2v) is 5.77. The first-order valence-electron chi connectivity index (χ1n) is 6.08. The van der Waals surface area contributed by atoms with Crippen molar-refractivity contribution in [2.45, 2.75) is 18.4 Å². The van der Waals surface area contributed by atoms with Crippen LogP contribution in [0.3, 0.4) is 0 Å². The number of nitrogens with zero attached hydrogens (tertiary/aromatic N) is 1. The molecule has 0 saturated carbocycles. The van der Waals surface area contributed by atoms with Gasteiger partial charge in [0.2, 0.25) is 0 Å². The average Bonchev–Trinajstić information content (AvgIpc) is 2.43. The molecule has 1 heterocycles. The second-order valence-electron chi connectivity index (χ2n) is 4.48. The topological polar surface area (TPSA) is 33.1 Å². The predicted molar refractivity (Wildman–Crippen MR) is 81.3 cm³/mol. The van der Waals surface area contributed by atoms with Crippen LogP contribution < -0.4 is 0 Å². The van der Waals surface area contributed by atoms with Crippen LogP contribution in [0, 0.1) is 0 Å². The van der Waals surface area contributed by atoms with Crippen LogP contribution in [-0.4, -0.2) is 16.0 Å². The van der Waals surface area contributed by atoms with E-state index in [0.717, 1.165) is 15.7 Å². The number of aliphatic hydroxyl groups is 1. The summed E-state index contributed by atoms with van der Waals surface area (Å²) in [5.74, 6) is 0.405. The molecular formula is C15H15BrClNO. The lowest BCUT2D eigenvalue weighted by atomic mass is 9.86. The van der Waals surface area contributed by atoms with E-state index in [0.29, 0.717) is 18.7 Å². The van der Waals surface area contributed by atoms with Crippen molar-refractivity contribution in [2.24, 2.45) is 0 Å². The van der Waals surface area contributed by atoms with Crippen molar-refractivity contribution in [1.29, 1.82) is 0 Å². The maximum absolute atomic E-state index is 10.9. The highest BCUT2D eigenvalue weighted by atomic mass is 79.9. The third-order valence-electron chi connectivity index (χ3n) is 3.08. The minimum absolute atomic E-state index is 0.405. The van der Waals surface area contributed by atoms with Gasteiger partial charge in [0, 0.05) is 28.7 Å². The minimum Gasteiger partial charge on any atom is -0.385 e. The van der Waals surface area contributed by atoms with Crippen molar-refractivity contribution in [3.63, 3.8) is 0 Å². The molecule has 100 valence electrons. The summed E-state index contributed by atoms with van der Waals surface area (Å²) < 4.78 is 0.928. The van der Waals surface area contributed by atoms with Gasteiger partial charge in [0.1, 0.15) is 0 Å². The summed E-state index contributed by atoms with van der Waals surface area (Å²) >= 11 is 9.19. The molecule has 1 N–H and O–H groups in total. The first-order valence-corrected chi connectivity index (χ1v) is 7.41. The van der Waals surface area contributed by atoms with Crippen LogP contribution in [0.15, 0.2) is 53.1 Å². The zero-order valence-electron chi connectivity index (χ0n) is 10.4. The molecule has 2 rings (SSSR count). The molecule has 1 atom stereocenters. The van der Waals surface area contributed by atoms with Crippen molar-refractivity contribution >= 4 is 27.5 Å².